The van der Waals surface area contributed by atoms with Crippen LogP contribution in [0.1, 0.15) is 32.8 Å². The van der Waals surface area contributed by atoms with Gasteiger partial charge in [0.05, 0.1) is 0 Å². The predicted octanol–water partition coefficient (Wildman–Crippen LogP) is 3.08. The molecule has 1 aliphatic rings. The predicted molar refractivity (Wildman–Crippen MR) is 82.4 cm³/mol. The van der Waals surface area contributed by atoms with Crippen LogP contribution in [0.4, 0.5) is 4.39 Å². The van der Waals surface area contributed by atoms with Crippen molar-refractivity contribution in [1.82, 2.24) is 10.2 Å². The zero-order valence-corrected chi connectivity index (χ0v) is 12.9. The Morgan fingerprint density at radius 3 is 2.85 bits per heavy atom. The van der Waals surface area contributed by atoms with Crippen molar-refractivity contribution in [3.05, 3.63) is 35.6 Å². The molecule has 0 spiro atoms. The molecule has 2 nitrogen and oxygen atoms in total. The van der Waals surface area contributed by atoms with Gasteiger partial charge in [-0.25, -0.2) is 4.39 Å². The van der Waals surface area contributed by atoms with Crippen LogP contribution in [0.5, 0.6) is 0 Å². The molecule has 3 unspecified atom stereocenters. The molecule has 0 radical (unpaired) electrons. The molecule has 1 aliphatic heterocycles. The molecule has 0 aliphatic carbocycles. The molecule has 1 aromatic carbocycles. The van der Waals surface area contributed by atoms with E-state index in [1.165, 1.54) is 12.5 Å². The van der Waals surface area contributed by atoms with Crippen LogP contribution >= 0.6 is 0 Å². The highest BCUT2D eigenvalue weighted by molar-refractivity contribution is 5.16. The minimum absolute atomic E-state index is 0.130. The molecule has 3 atom stereocenters. The molecule has 0 aromatic heterocycles. The van der Waals surface area contributed by atoms with Crippen molar-refractivity contribution in [2.75, 3.05) is 19.6 Å². The Hall–Kier alpha value is -0.930. The molecule has 1 N–H and O–H groups in total. The number of halogens is 1. The summed E-state index contributed by atoms with van der Waals surface area (Å²) in [6.07, 6.45) is 2.14. The summed E-state index contributed by atoms with van der Waals surface area (Å²) in [6, 6.07) is 8.20. The van der Waals surface area contributed by atoms with Gasteiger partial charge >= 0.3 is 0 Å². The fourth-order valence-electron chi connectivity index (χ4n) is 3.27. The third kappa shape index (κ3) is 3.80. The maximum absolute atomic E-state index is 13.2. The van der Waals surface area contributed by atoms with Crippen molar-refractivity contribution in [2.45, 2.75) is 45.7 Å². The van der Waals surface area contributed by atoms with Crippen LogP contribution in [0.15, 0.2) is 24.3 Å². The third-order valence-electron chi connectivity index (χ3n) is 4.74. The Labute approximate surface area is 122 Å². The molecule has 0 amide bonds. The van der Waals surface area contributed by atoms with Gasteiger partial charge in [-0.2, -0.15) is 0 Å². The lowest BCUT2D eigenvalue weighted by Gasteiger charge is -2.43. The first kappa shape index (κ1) is 15.5. The van der Waals surface area contributed by atoms with E-state index in [0.717, 1.165) is 31.6 Å². The Balaban J connectivity index is 1.88. The van der Waals surface area contributed by atoms with E-state index in [4.69, 9.17) is 0 Å². The molecule has 3 heteroatoms. The smallest absolute Gasteiger partial charge is 0.123 e. The fraction of sp³-hybridized carbons (Fsp3) is 0.647. The number of hydrogen-bond donors (Lipinski definition) is 1. The van der Waals surface area contributed by atoms with E-state index >= 15 is 0 Å². The van der Waals surface area contributed by atoms with Crippen LogP contribution in [0.25, 0.3) is 0 Å². The molecular weight excluding hydrogens is 251 g/mol. The van der Waals surface area contributed by atoms with E-state index < -0.39 is 0 Å². The number of benzene rings is 1. The van der Waals surface area contributed by atoms with E-state index in [0.29, 0.717) is 18.0 Å². The zero-order chi connectivity index (χ0) is 14.5. The minimum atomic E-state index is -0.130. The second kappa shape index (κ2) is 7.19. The second-order valence-electron chi connectivity index (χ2n) is 5.97. The Morgan fingerprint density at radius 1 is 1.35 bits per heavy atom. The fourth-order valence-corrected chi connectivity index (χ4v) is 3.27. The Kier molecular flexibility index (Phi) is 5.55. The summed E-state index contributed by atoms with van der Waals surface area (Å²) in [5.74, 6) is 0.533. The lowest BCUT2D eigenvalue weighted by atomic mass is 9.86. The average Bonchev–Trinajstić information content (AvgIpc) is 2.43. The van der Waals surface area contributed by atoms with Crippen molar-refractivity contribution in [3.8, 4) is 0 Å². The first-order valence-electron chi connectivity index (χ1n) is 7.83. The van der Waals surface area contributed by atoms with Crippen molar-refractivity contribution in [3.63, 3.8) is 0 Å². The molecule has 1 fully saturated rings. The molecule has 0 bridgehead atoms. The van der Waals surface area contributed by atoms with E-state index in [-0.39, 0.29) is 5.82 Å². The summed E-state index contributed by atoms with van der Waals surface area (Å²) in [7, 11) is 0. The van der Waals surface area contributed by atoms with Gasteiger partial charge < -0.3 is 5.32 Å². The normalized spacial score (nSPS) is 27.7. The highest BCUT2D eigenvalue weighted by Gasteiger charge is 2.31. The molecule has 1 saturated heterocycles. The Bertz CT molecular complexity index is 421. The van der Waals surface area contributed by atoms with Crippen molar-refractivity contribution < 1.29 is 4.39 Å². The number of nitrogens with zero attached hydrogens (tertiary/aromatic N) is 1. The molecule has 1 aromatic rings. The highest BCUT2D eigenvalue weighted by atomic mass is 19.1. The lowest BCUT2D eigenvalue weighted by molar-refractivity contribution is 0.0867. The topological polar surface area (TPSA) is 15.3 Å². The second-order valence-corrected chi connectivity index (χ2v) is 5.97. The lowest BCUT2D eigenvalue weighted by Crippen LogP contribution is -2.53. The molecule has 20 heavy (non-hydrogen) atoms. The van der Waals surface area contributed by atoms with Gasteiger partial charge in [0.1, 0.15) is 5.82 Å². The van der Waals surface area contributed by atoms with Crippen LogP contribution in [-0.4, -0.2) is 36.6 Å². The number of piperidine rings is 1. The summed E-state index contributed by atoms with van der Waals surface area (Å²) in [6.45, 7) is 10.0. The number of likely N-dealkylation sites (tertiary alicyclic amines) is 1. The highest BCUT2D eigenvalue weighted by Crippen LogP contribution is 2.23. The quantitative estimate of drug-likeness (QED) is 0.890. The maximum atomic E-state index is 13.2. The molecule has 1 heterocycles. The van der Waals surface area contributed by atoms with E-state index in [2.05, 4.69) is 31.0 Å². The summed E-state index contributed by atoms with van der Waals surface area (Å²) in [5.41, 5.74) is 1.10. The third-order valence-corrected chi connectivity index (χ3v) is 4.74. The van der Waals surface area contributed by atoms with E-state index in [9.17, 15) is 4.39 Å². The molecule has 2 rings (SSSR count). The average molecular weight is 278 g/mol. The van der Waals surface area contributed by atoms with Gasteiger partial charge in [-0.1, -0.05) is 26.0 Å². The monoisotopic (exact) mass is 278 g/mol. The van der Waals surface area contributed by atoms with Crippen LogP contribution < -0.4 is 5.32 Å². The molecular formula is C17H27FN2. The molecule has 0 saturated carbocycles. The Morgan fingerprint density at radius 2 is 2.15 bits per heavy atom. The van der Waals surface area contributed by atoms with Crippen LogP contribution in [0.2, 0.25) is 0 Å². The van der Waals surface area contributed by atoms with Gasteiger partial charge in [0.25, 0.3) is 0 Å². The van der Waals surface area contributed by atoms with Crippen molar-refractivity contribution in [1.29, 1.82) is 0 Å². The first-order chi connectivity index (χ1) is 9.61. The van der Waals surface area contributed by atoms with Gasteiger partial charge in [-0.05, 0) is 56.5 Å². The van der Waals surface area contributed by atoms with E-state index in [1.807, 2.05) is 6.07 Å². The maximum Gasteiger partial charge on any atom is 0.123 e. The minimum Gasteiger partial charge on any atom is -0.314 e. The SMILES string of the molecule is CCNC1CCN(CCc2cccc(F)c2)C(C)C1C. The summed E-state index contributed by atoms with van der Waals surface area (Å²) in [5, 5.41) is 3.59. The number of nitrogens with one attached hydrogen (secondary N) is 1. The first-order valence-corrected chi connectivity index (χ1v) is 7.83. The number of rotatable bonds is 5. The summed E-state index contributed by atoms with van der Waals surface area (Å²) >= 11 is 0. The zero-order valence-electron chi connectivity index (χ0n) is 12.9. The van der Waals surface area contributed by atoms with Crippen LogP contribution in [0.3, 0.4) is 0 Å². The van der Waals surface area contributed by atoms with Gasteiger partial charge in [0, 0.05) is 18.6 Å². The largest absolute Gasteiger partial charge is 0.314 e. The van der Waals surface area contributed by atoms with Crippen LogP contribution in [0, 0.1) is 11.7 Å². The van der Waals surface area contributed by atoms with Crippen molar-refractivity contribution >= 4 is 0 Å². The number of hydrogen-bond acceptors (Lipinski definition) is 2. The van der Waals surface area contributed by atoms with Gasteiger partial charge in [0.2, 0.25) is 0 Å². The van der Waals surface area contributed by atoms with E-state index in [1.54, 1.807) is 12.1 Å². The van der Waals surface area contributed by atoms with Gasteiger partial charge in [-0.3, -0.25) is 4.90 Å². The standard InChI is InChI=1S/C17H27FN2/c1-4-19-17-9-11-20(14(3)13(17)2)10-8-15-6-5-7-16(18)12-15/h5-7,12-14,17,19H,4,8-11H2,1-3H3. The van der Waals surface area contributed by atoms with Gasteiger partial charge in [0.15, 0.2) is 0 Å². The van der Waals surface area contributed by atoms with Gasteiger partial charge in [-0.15, -0.1) is 0 Å². The summed E-state index contributed by atoms with van der Waals surface area (Å²) < 4.78 is 13.2. The molecule has 112 valence electrons. The summed E-state index contributed by atoms with van der Waals surface area (Å²) in [4.78, 5) is 2.55. The van der Waals surface area contributed by atoms with Crippen LogP contribution in [-0.2, 0) is 6.42 Å². The van der Waals surface area contributed by atoms with Crippen molar-refractivity contribution in [2.24, 2.45) is 5.92 Å².